The lowest BCUT2D eigenvalue weighted by Crippen LogP contribution is -1.98. The van der Waals surface area contributed by atoms with E-state index in [4.69, 9.17) is 5.11 Å². The lowest BCUT2D eigenvalue weighted by molar-refractivity contribution is 0.277. The average molecular weight is 203 g/mol. The van der Waals surface area contributed by atoms with Gasteiger partial charge in [-0.2, -0.15) is 0 Å². The number of aromatic nitrogens is 3. The Balaban J connectivity index is 2.49. The number of pyridine rings is 1. The Hall–Kier alpha value is -1.68. The van der Waals surface area contributed by atoms with Crippen LogP contribution in [-0.4, -0.2) is 19.6 Å². The summed E-state index contributed by atoms with van der Waals surface area (Å²) in [5.41, 5.74) is 3.76. The molecule has 4 heteroatoms. The molecule has 0 fully saturated rings. The molecule has 78 valence electrons. The van der Waals surface area contributed by atoms with E-state index in [0.29, 0.717) is 5.69 Å². The van der Waals surface area contributed by atoms with Gasteiger partial charge in [0, 0.05) is 11.9 Å². The van der Waals surface area contributed by atoms with Crippen molar-refractivity contribution in [2.75, 3.05) is 0 Å². The molecule has 0 radical (unpaired) electrons. The smallest absolute Gasteiger partial charge is 0.0997 e. The van der Waals surface area contributed by atoms with Crippen molar-refractivity contribution in [2.24, 2.45) is 0 Å². The molecule has 2 rings (SSSR count). The molecule has 2 aromatic rings. The summed E-state index contributed by atoms with van der Waals surface area (Å²) in [4.78, 5) is 8.26. The van der Waals surface area contributed by atoms with Crippen LogP contribution in [0.2, 0.25) is 0 Å². The maximum atomic E-state index is 9.00. The molecule has 4 nitrogen and oxygen atoms in total. The number of aliphatic hydroxyl groups excluding tert-OH is 1. The van der Waals surface area contributed by atoms with Crippen LogP contribution < -0.4 is 0 Å². The number of hydrogen-bond donors (Lipinski definition) is 1. The highest BCUT2D eigenvalue weighted by Crippen LogP contribution is 2.13. The first kappa shape index (κ1) is 9.86. The van der Waals surface area contributed by atoms with Crippen LogP contribution in [0.15, 0.2) is 24.7 Å². The third-order valence-corrected chi connectivity index (χ3v) is 2.49. The number of hydrogen-bond acceptors (Lipinski definition) is 3. The highest BCUT2D eigenvalue weighted by Gasteiger charge is 2.04. The molecular formula is C11H13N3O. The predicted molar refractivity (Wildman–Crippen MR) is 56.8 cm³/mol. The highest BCUT2D eigenvalue weighted by molar-refractivity contribution is 5.35. The molecule has 2 heterocycles. The molecule has 0 aliphatic carbocycles. The molecule has 0 aliphatic rings. The SMILES string of the molecule is Cc1ncn(-c2ccnc(CO)c2)c1C. The fourth-order valence-electron chi connectivity index (χ4n) is 1.46. The van der Waals surface area contributed by atoms with Gasteiger partial charge >= 0.3 is 0 Å². The van der Waals surface area contributed by atoms with E-state index >= 15 is 0 Å². The first-order valence-electron chi connectivity index (χ1n) is 4.79. The number of imidazole rings is 1. The fourth-order valence-corrected chi connectivity index (χ4v) is 1.46. The minimum Gasteiger partial charge on any atom is -0.390 e. The molecular weight excluding hydrogens is 190 g/mol. The third-order valence-electron chi connectivity index (χ3n) is 2.49. The fraction of sp³-hybridized carbons (Fsp3) is 0.273. The van der Waals surface area contributed by atoms with Gasteiger partial charge in [0.05, 0.1) is 30.0 Å². The van der Waals surface area contributed by atoms with Crippen molar-refractivity contribution in [1.82, 2.24) is 14.5 Å². The summed E-state index contributed by atoms with van der Waals surface area (Å²) in [5.74, 6) is 0. The van der Waals surface area contributed by atoms with E-state index in [1.54, 1.807) is 12.5 Å². The summed E-state index contributed by atoms with van der Waals surface area (Å²) in [6, 6.07) is 3.75. The summed E-state index contributed by atoms with van der Waals surface area (Å²) in [6.07, 6.45) is 3.47. The zero-order valence-electron chi connectivity index (χ0n) is 8.81. The molecule has 0 atom stereocenters. The van der Waals surface area contributed by atoms with Crippen molar-refractivity contribution in [3.05, 3.63) is 41.7 Å². The van der Waals surface area contributed by atoms with E-state index in [0.717, 1.165) is 17.1 Å². The van der Waals surface area contributed by atoms with Gasteiger partial charge < -0.3 is 9.67 Å². The maximum absolute atomic E-state index is 9.00. The van der Waals surface area contributed by atoms with Gasteiger partial charge in [0.25, 0.3) is 0 Å². The van der Waals surface area contributed by atoms with Crippen LogP contribution in [0, 0.1) is 13.8 Å². The number of nitrogens with zero attached hydrogens (tertiary/aromatic N) is 3. The highest BCUT2D eigenvalue weighted by atomic mass is 16.3. The van der Waals surface area contributed by atoms with E-state index in [9.17, 15) is 0 Å². The van der Waals surface area contributed by atoms with Crippen molar-refractivity contribution >= 4 is 0 Å². The minimum atomic E-state index is -0.0411. The third kappa shape index (κ3) is 1.76. The van der Waals surface area contributed by atoms with Crippen molar-refractivity contribution in [3.8, 4) is 5.69 Å². The zero-order chi connectivity index (χ0) is 10.8. The summed E-state index contributed by atoms with van der Waals surface area (Å²) in [7, 11) is 0. The van der Waals surface area contributed by atoms with Gasteiger partial charge in [0.1, 0.15) is 0 Å². The van der Waals surface area contributed by atoms with Crippen LogP contribution in [0.3, 0.4) is 0 Å². The number of aryl methyl sites for hydroxylation is 1. The van der Waals surface area contributed by atoms with Crippen LogP contribution >= 0.6 is 0 Å². The van der Waals surface area contributed by atoms with E-state index in [1.807, 2.05) is 30.5 Å². The van der Waals surface area contributed by atoms with Crippen molar-refractivity contribution < 1.29 is 5.11 Å². The van der Waals surface area contributed by atoms with E-state index in [2.05, 4.69) is 9.97 Å². The maximum Gasteiger partial charge on any atom is 0.0997 e. The molecule has 0 unspecified atom stereocenters. The van der Waals surface area contributed by atoms with Gasteiger partial charge in [-0.15, -0.1) is 0 Å². The van der Waals surface area contributed by atoms with Crippen LogP contribution in [0.4, 0.5) is 0 Å². The second-order valence-corrected chi connectivity index (χ2v) is 3.45. The second-order valence-electron chi connectivity index (χ2n) is 3.45. The lowest BCUT2D eigenvalue weighted by Gasteiger charge is -2.06. The average Bonchev–Trinajstić information content (AvgIpc) is 2.60. The zero-order valence-corrected chi connectivity index (χ0v) is 8.81. The van der Waals surface area contributed by atoms with Crippen molar-refractivity contribution in [2.45, 2.75) is 20.5 Å². The molecule has 0 amide bonds. The molecule has 0 aliphatic heterocycles. The summed E-state index contributed by atoms with van der Waals surface area (Å²) >= 11 is 0. The molecule has 1 N–H and O–H groups in total. The lowest BCUT2D eigenvalue weighted by atomic mass is 10.3. The first-order valence-corrected chi connectivity index (χ1v) is 4.79. The van der Waals surface area contributed by atoms with E-state index in [1.165, 1.54) is 0 Å². The molecule has 0 spiro atoms. The molecule has 0 bridgehead atoms. The number of aliphatic hydroxyl groups is 1. The van der Waals surface area contributed by atoms with Crippen LogP contribution in [0.1, 0.15) is 17.1 Å². The van der Waals surface area contributed by atoms with E-state index in [-0.39, 0.29) is 6.61 Å². The second kappa shape index (κ2) is 3.82. The van der Waals surface area contributed by atoms with Gasteiger partial charge in [0.15, 0.2) is 0 Å². The van der Waals surface area contributed by atoms with Gasteiger partial charge in [-0.25, -0.2) is 4.98 Å². The van der Waals surface area contributed by atoms with Crippen LogP contribution in [-0.2, 0) is 6.61 Å². The number of rotatable bonds is 2. The van der Waals surface area contributed by atoms with Crippen LogP contribution in [0.5, 0.6) is 0 Å². The summed E-state index contributed by atoms with van der Waals surface area (Å²) < 4.78 is 1.98. The summed E-state index contributed by atoms with van der Waals surface area (Å²) in [6.45, 7) is 3.95. The normalized spacial score (nSPS) is 10.6. The quantitative estimate of drug-likeness (QED) is 0.802. The Kier molecular flexibility index (Phi) is 2.51. The standard InChI is InChI=1S/C11H13N3O/c1-8-9(2)14(7-13-8)11-3-4-12-10(5-11)6-15/h3-5,7,15H,6H2,1-2H3. The monoisotopic (exact) mass is 203 g/mol. The summed E-state index contributed by atoms with van der Waals surface area (Å²) in [5, 5.41) is 9.00. The van der Waals surface area contributed by atoms with Crippen molar-refractivity contribution in [1.29, 1.82) is 0 Å². The van der Waals surface area contributed by atoms with Crippen molar-refractivity contribution in [3.63, 3.8) is 0 Å². The van der Waals surface area contributed by atoms with Gasteiger partial charge in [-0.3, -0.25) is 4.98 Å². The Morgan fingerprint density at radius 1 is 1.33 bits per heavy atom. The van der Waals surface area contributed by atoms with Crippen LogP contribution in [0.25, 0.3) is 5.69 Å². The van der Waals surface area contributed by atoms with Gasteiger partial charge in [-0.05, 0) is 26.0 Å². The topological polar surface area (TPSA) is 50.9 Å². The Morgan fingerprint density at radius 2 is 2.13 bits per heavy atom. The molecule has 0 aromatic carbocycles. The van der Waals surface area contributed by atoms with Gasteiger partial charge in [-0.1, -0.05) is 0 Å². The predicted octanol–water partition coefficient (Wildman–Crippen LogP) is 1.38. The molecule has 0 saturated heterocycles. The minimum absolute atomic E-state index is 0.0411. The molecule has 2 aromatic heterocycles. The molecule has 0 saturated carbocycles. The van der Waals surface area contributed by atoms with Gasteiger partial charge in [0.2, 0.25) is 0 Å². The Labute approximate surface area is 88.2 Å². The molecule has 15 heavy (non-hydrogen) atoms. The van der Waals surface area contributed by atoms with E-state index < -0.39 is 0 Å². The Bertz CT molecular complexity index is 476. The first-order chi connectivity index (χ1) is 7.22. The Morgan fingerprint density at radius 3 is 2.73 bits per heavy atom. The largest absolute Gasteiger partial charge is 0.390 e.